The second kappa shape index (κ2) is 10.5. The first-order chi connectivity index (χ1) is 14.5. The van der Waals surface area contributed by atoms with Crippen LogP contribution in [-0.2, 0) is 13.0 Å². The van der Waals surface area contributed by atoms with Crippen molar-refractivity contribution in [1.29, 1.82) is 0 Å². The first-order valence-corrected chi connectivity index (χ1v) is 10.7. The minimum atomic E-state index is -0.538. The van der Waals surface area contributed by atoms with E-state index in [0.717, 1.165) is 35.5 Å². The lowest BCUT2D eigenvalue weighted by atomic mass is 10.1. The van der Waals surface area contributed by atoms with Crippen LogP contribution < -0.4 is 15.8 Å². The maximum atomic E-state index is 12.4. The zero-order chi connectivity index (χ0) is 21.3. The summed E-state index contributed by atoms with van der Waals surface area (Å²) in [6, 6.07) is 14.1. The molecule has 0 unspecified atom stereocenters. The summed E-state index contributed by atoms with van der Waals surface area (Å²) >= 11 is 1.68. The molecule has 0 aliphatic carbocycles. The number of nitrogens with zero attached hydrogens (tertiary/aromatic N) is 1. The minimum Gasteiger partial charge on any atom is -0.488 e. The third-order valence-corrected chi connectivity index (χ3v) is 5.53. The zero-order valence-electron chi connectivity index (χ0n) is 16.9. The van der Waals surface area contributed by atoms with Crippen LogP contribution in [0.4, 0.5) is 0 Å². The standard InChI is InChI=1S/C23H25N3O3S/c1-16-15-30-21(26-16)11-4-5-12-25-23(28)18-8-6-7-17(13-18)14-29-20-10-3-2-9-19(20)22(24)27/h2-3,6-10,13,15H,4-5,11-12,14H2,1H3,(H2,24,27)(H,25,28). The summed E-state index contributed by atoms with van der Waals surface area (Å²) in [7, 11) is 0. The molecule has 3 aromatic rings. The van der Waals surface area contributed by atoms with Gasteiger partial charge in [-0.05, 0) is 56.0 Å². The van der Waals surface area contributed by atoms with Gasteiger partial charge in [-0.1, -0.05) is 24.3 Å². The fraction of sp³-hybridized carbons (Fsp3) is 0.261. The highest BCUT2D eigenvalue weighted by Gasteiger charge is 2.10. The fourth-order valence-electron chi connectivity index (χ4n) is 2.98. The van der Waals surface area contributed by atoms with E-state index >= 15 is 0 Å². The van der Waals surface area contributed by atoms with E-state index in [1.807, 2.05) is 19.1 Å². The van der Waals surface area contributed by atoms with Gasteiger partial charge < -0.3 is 15.8 Å². The molecule has 0 saturated carbocycles. The highest BCUT2D eigenvalue weighted by Crippen LogP contribution is 2.19. The summed E-state index contributed by atoms with van der Waals surface area (Å²) in [6.07, 6.45) is 2.82. The van der Waals surface area contributed by atoms with Crippen LogP contribution in [0, 0.1) is 6.92 Å². The number of para-hydroxylation sites is 1. The van der Waals surface area contributed by atoms with E-state index in [4.69, 9.17) is 10.5 Å². The van der Waals surface area contributed by atoms with Gasteiger partial charge in [0.2, 0.25) is 0 Å². The number of nitrogens with two attached hydrogens (primary N) is 1. The van der Waals surface area contributed by atoms with Crippen molar-refractivity contribution in [3.63, 3.8) is 0 Å². The quantitative estimate of drug-likeness (QED) is 0.484. The summed E-state index contributed by atoms with van der Waals surface area (Å²) in [5.74, 6) is -0.224. The van der Waals surface area contributed by atoms with Gasteiger partial charge in [-0.3, -0.25) is 9.59 Å². The number of hydrogen-bond acceptors (Lipinski definition) is 5. The Hall–Kier alpha value is -3.19. The molecule has 0 atom stereocenters. The van der Waals surface area contributed by atoms with Gasteiger partial charge >= 0.3 is 0 Å². The number of nitrogens with one attached hydrogen (secondary N) is 1. The van der Waals surface area contributed by atoms with E-state index in [1.54, 1.807) is 47.7 Å². The molecule has 0 aliphatic rings. The van der Waals surface area contributed by atoms with E-state index in [2.05, 4.69) is 15.7 Å². The Morgan fingerprint density at radius 1 is 1.13 bits per heavy atom. The molecule has 30 heavy (non-hydrogen) atoms. The molecular formula is C23H25N3O3S. The van der Waals surface area contributed by atoms with Crippen LogP contribution >= 0.6 is 11.3 Å². The maximum Gasteiger partial charge on any atom is 0.252 e. The number of ether oxygens (including phenoxy) is 1. The summed E-state index contributed by atoms with van der Waals surface area (Å²) in [4.78, 5) is 28.4. The highest BCUT2D eigenvalue weighted by molar-refractivity contribution is 7.09. The van der Waals surface area contributed by atoms with E-state index in [-0.39, 0.29) is 12.5 Å². The monoisotopic (exact) mass is 423 g/mol. The van der Waals surface area contributed by atoms with Crippen molar-refractivity contribution < 1.29 is 14.3 Å². The van der Waals surface area contributed by atoms with E-state index < -0.39 is 5.91 Å². The number of primary amides is 1. The third-order valence-electron chi connectivity index (χ3n) is 4.51. The van der Waals surface area contributed by atoms with Crippen molar-refractivity contribution in [3.05, 3.63) is 81.3 Å². The van der Waals surface area contributed by atoms with Gasteiger partial charge in [-0.15, -0.1) is 11.3 Å². The lowest BCUT2D eigenvalue weighted by Gasteiger charge is -2.10. The van der Waals surface area contributed by atoms with Crippen molar-refractivity contribution in [2.75, 3.05) is 6.54 Å². The largest absolute Gasteiger partial charge is 0.488 e. The molecule has 156 valence electrons. The number of thiazole rings is 1. The summed E-state index contributed by atoms with van der Waals surface area (Å²) in [6.45, 7) is 2.85. The molecule has 2 amide bonds. The first kappa shape index (κ1) is 21.5. The van der Waals surface area contributed by atoms with Crippen LogP contribution in [0.15, 0.2) is 53.9 Å². The van der Waals surface area contributed by atoms with Gasteiger partial charge in [0.15, 0.2) is 0 Å². The van der Waals surface area contributed by atoms with Crippen molar-refractivity contribution in [2.24, 2.45) is 5.73 Å². The molecule has 0 spiro atoms. The summed E-state index contributed by atoms with van der Waals surface area (Å²) < 4.78 is 5.74. The molecule has 0 radical (unpaired) electrons. The molecule has 3 rings (SSSR count). The number of carbonyl (C=O) groups is 2. The lowest BCUT2D eigenvalue weighted by Crippen LogP contribution is -2.24. The predicted molar refractivity (Wildman–Crippen MR) is 118 cm³/mol. The van der Waals surface area contributed by atoms with Gasteiger partial charge in [-0.25, -0.2) is 4.98 Å². The number of aryl methyl sites for hydroxylation is 2. The van der Waals surface area contributed by atoms with E-state index in [0.29, 0.717) is 23.4 Å². The molecule has 0 fully saturated rings. The van der Waals surface area contributed by atoms with Gasteiger partial charge in [0.05, 0.1) is 10.6 Å². The van der Waals surface area contributed by atoms with E-state index in [9.17, 15) is 9.59 Å². The molecule has 2 aromatic carbocycles. The Balaban J connectivity index is 1.47. The Morgan fingerprint density at radius 3 is 2.73 bits per heavy atom. The molecule has 3 N–H and O–H groups in total. The smallest absolute Gasteiger partial charge is 0.252 e. The molecule has 6 nitrogen and oxygen atoms in total. The van der Waals surface area contributed by atoms with Gasteiger partial charge in [0, 0.05) is 23.2 Å². The molecular weight excluding hydrogens is 398 g/mol. The van der Waals surface area contributed by atoms with Crippen molar-refractivity contribution in [1.82, 2.24) is 10.3 Å². The summed E-state index contributed by atoms with van der Waals surface area (Å²) in [5, 5.41) is 6.16. The van der Waals surface area contributed by atoms with Crippen molar-refractivity contribution in [3.8, 4) is 5.75 Å². The van der Waals surface area contributed by atoms with Crippen LogP contribution in [0.3, 0.4) is 0 Å². The SMILES string of the molecule is Cc1csc(CCCCNC(=O)c2cccc(COc3ccccc3C(N)=O)c2)n1. The minimum absolute atomic E-state index is 0.112. The Labute approximate surface area is 180 Å². The Kier molecular flexibility index (Phi) is 7.57. The fourth-order valence-corrected chi connectivity index (χ4v) is 3.80. The number of hydrogen-bond donors (Lipinski definition) is 2. The highest BCUT2D eigenvalue weighted by atomic mass is 32.1. The molecule has 1 aromatic heterocycles. The third kappa shape index (κ3) is 6.15. The molecule has 0 saturated heterocycles. The maximum absolute atomic E-state index is 12.4. The Morgan fingerprint density at radius 2 is 1.97 bits per heavy atom. The van der Waals surface area contributed by atoms with Crippen LogP contribution in [0.2, 0.25) is 0 Å². The Bertz CT molecular complexity index is 1020. The number of benzene rings is 2. The second-order valence-corrected chi connectivity index (χ2v) is 7.89. The van der Waals surface area contributed by atoms with Crippen LogP contribution in [-0.4, -0.2) is 23.3 Å². The van der Waals surface area contributed by atoms with Gasteiger partial charge in [0.25, 0.3) is 11.8 Å². The molecule has 0 aliphatic heterocycles. The molecule has 1 heterocycles. The van der Waals surface area contributed by atoms with Crippen LogP contribution in [0.25, 0.3) is 0 Å². The van der Waals surface area contributed by atoms with Crippen molar-refractivity contribution >= 4 is 23.2 Å². The van der Waals surface area contributed by atoms with Crippen molar-refractivity contribution in [2.45, 2.75) is 32.8 Å². The zero-order valence-corrected chi connectivity index (χ0v) is 17.7. The number of carbonyl (C=O) groups excluding carboxylic acids is 2. The first-order valence-electron chi connectivity index (χ1n) is 9.82. The average Bonchev–Trinajstić information content (AvgIpc) is 3.17. The number of aromatic nitrogens is 1. The predicted octanol–water partition coefficient (Wildman–Crippen LogP) is 3.88. The number of unbranched alkanes of at least 4 members (excludes halogenated alkanes) is 1. The van der Waals surface area contributed by atoms with E-state index in [1.165, 1.54) is 0 Å². The summed E-state index contributed by atoms with van der Waals surface area (Å²) in [5.41, 5.74) is 8.18. The average molecular weight is 424 g/mol. The topological polar surface area (TPSA) is 94.3 Å². The second-order valence-electron chi connectivity index (χ2n) is 6.95. The lowest BCUT2D eigenvalue weighted by molar-refractivity contribution is 0.0951. The molecule has 0 bridgehead atoms. The van der Waals surface area contributed by atoms with Gasteiger partial charge in [-0.2, -0.15) is 0 Å². The normalized spacial score (nSPS) is 10.6. The van der Waals surface area contributed by atoms with Crippen LogP contribution in [0.5, 0.6) is 5.75 Å². The van der Waals surface area contributed by atoms with Gasteiger partial charge in [0.1, 0.15) is 12.4 Å². The number of rotatable bonds is 10. The molecule has 7 heteroatoms. The van der Waals surface area contributed by atoms with Crippen LogP contribution in [0.1, 0.15) is 49.8 Å². The number of amides is 2.